The predicted molar refractivity (Wildman–Crippen MR) is 121 cm³/mol. The highest BCUT2D eigenvalue weighted by atomic mass is 35.5. The topological polar surface area (TPSA) is 99.6 Å². The van der Waals surface area contributed by atoms with Crippen LogP contribution >= 0.6 is 11.6 Å². The second kappa shape index (κ2) is 10.4. The van der Waals surface area contributed by atoms with Gasteiger partial charge < -0.3 is 14.2 Å². The third-order valence-corrected chi connectivity index (χ3v) is 5.28. The smallest absolute Gasteiger partial charge is 0.343 e. The average Bonchev–Trinajstić information content (AvgIpc) is 3.13. The number of ether oxygens (including phenoxy) is 3. The van der Waals surface area contributed by atoms with E-state index < -0.39 is 29.4 Å². The molecule has 1 fully saturated rings. The first kappa shape index (κ1) is 22.7. The predicted octanol–water partition coefficient (Wildman–Crippen LogP) is 2.80. The van der Waals surface area contributed by atoms with Gasteiger partial charge in [0.2, 0.25) is 0 Å². The van der Waals surface area contributed by atoms with Crippen molar-refractivity contribution >= 4 is 17.6 Å². The van der Waals surface area contributed by atoms with Crippen LogP contribution in [0.15, 0.2) is 88.3 Å². The standard InChI is InChI=1S/C24H21ClN2O6/c25-18-13-27(24(30)26-22(18)28)12-11-19-20(31-14-16-7-3-1-4-8-16)21(23(29)33-19)32-15-17-9-5-2-6-10-17/h1-11,13,20-21H,12,14-15H2,(H,26,28,30)/b19-11+. The van der Waals surface area contributed by atoms with Crippen molar-refractivity contribution in [2.45, 2.75) is 32.0 Å². The molecular weight excluding hydrogens is 448 g/mol. The molecule has 0 saturated carbocycles. The molecule has 2 heterocycles. The summed E-state index contributed by atoms with van der Waals surface area (Å²) in [4.78, 5) is 38.2. The van der Waals surface area contributed by atoms with E-state index in [2.05, 4.69) is 4.98 Å². The summed E-state index contributed by atoms with van der Waals surface area (Å²) in [6.45, 7) is 0.442. The van der Waals surface area contributed by atoms with Crippen LogP contribution < -0.4 is 11.2 Å². The number of nitrogens with zero attached hydrogens (tertiary/aromatic N) is 1. The van der Waals surface area contributed by atoms with E-state index in [4.69, 9.17) is 25.8 Å². The van der Waals surface area contributed by atoms with Crippen LogP contribution in [0.2, 0.25) is 5.02 Å². The van der Waals surface area contributed by atoms with E-state index in [9.17, 15) is 14.4 Å². The Morgan fingerprint density at radius 1 is 0.909 bits per heavy atom. The monoisotopic (exact) mass is 468 g/mol. The fraction of sp³-hybridized carbons (Fsp3) is 0.208. The molecule has 4 rings (SSSR count). The largest absolute Gasteiger partial charge is 0.426 e. The van der Waals surface area contributed by atoms with Crippen LogP contribution in [-0.2, 0) is 38.8 Å². The Bertz CT molecular complexity index is 1250. The van der Waals surface area contributed by atoms with E-state index in [1.165, 1.54) is 16.8 Å². The van der Waals surface area contributed by atoms with Crippen molar-refractivity contribution in [2.75, 3.05) is 0 Å². The zero-order valence-corrected chi connectivity index (χ0v) is 18.2. The van der Waals surface area contributed by atoms with Crippen molar-refractivity contribution in [1.82, 2.24) is 9.55 Å². The molecular formula is C24H21ClN2O6. The van der Waals surface area contributed by atoms with E-state index in [0.717, 1.165) is 11.1 Å². The van der Waals surface area contributed by atoms with Gasteiger partial charge in [0.1, 0.15) is 10.8 Å². The lowest BCUT2D eigenvalue weighted by Crippen LogP contribution is -2.32. The zero-order valence-electron chi connectivity index (χ0n) is 17.5. The molecule has 2 unspecified atom stereocenters. The van der Waals surface area contributed by atoms with Gasteiger partial charge in [-0.05, 0) is 17.2 Å². The first-order valence-corrected chi connectivity index (χ1v) is 10.6. The fourth-order valence-electron chi connectivity index (χ4n) is 3.32. The van der Waals surface area contributed by atoms with Gasteiger partial charge in [-0.1, -0.05) is 72.3 Å². The summed E-state index contributed by atoms with van der Waals surface area (Å²) in [6.07, 6.45) is 0.973. The maximum atomic E-state index is 12.6. The molecule has 1 aliphatic rings. The Labute approximate surface area is 194 Å². The lowest BCUT2D eigenvalue weighted by atomic mass is 10.1. The maximum absolute atomic E-state index is 12.6. The lowest BCUT2D eigenvalue weighted by molar-refractivity contribution is -0.149. The minimum absolute atomic E-state index is 0.00848. The summed E-state index contributed by atoms with van der Waals surface area (Å²) in [5.74, 6) is -0.356. The molecule has 8 nitrogen and oxygen atoms in total. The van der Waals surface area contributed by atoms with Crippen molar-refractivity contribution in [1.29, 1.82) is 0 Å². The molecule has 1 aromatic heterocycles. The molecule has 0 bridgehead atoms. The average molecular weight is 469 g/mol. The summed E-state index contributed by atoms with van der Waals surface area (Å²) in [5, 5.41) is -0.127. The van der Waals surface area contributed by atoms with Gasteiger partial charge in [0.05, 0.1) is 13.2 Å². The number of esters is 1. The highest BCUT2D eigenvalue weighted by Crippen LogP contribution is 2.27. The van der Waals surface area contributed by atoms with Crippen LogP contribution in [0.4, 0.5) is 0 Å². The van der Waals surface area contributed by atoms with Gasteiger partial charge in [0.15, 0.2) is 12.2 Å². The second-order valence-electron chi connectivity index (χ2n) is 7.35. The van der Waals surface area contributed by atoms with Crippen LogP contribution in [-0.4, -0.2) is 27.7 Å². The molecule has 0 radical (unpaired) electrons. The quantitative estimate of drug-likeness (QED) is 0.510. The summed E-state index contributed by atoms with van der Waals surface area (Å²) in [6, 6.07) is 18.9. The number of cyclic esters (lactones) is 1. The zero-order chi connectivity index (χ0) is 23.2. The Kier molecular flexibility index (Phi) is 7.19. The number of carbonyl (C=O) groups is 1. The number of benzene rings is 2. The SMILES string of the molecule is O=C1O/C(=C/Cn2cc(Cl)c(=O)[nH]c2=O)C(OCc2ccccc2)C1OCc1ccccc1. The molecule has 170 valence electrons. The lowest BCUT2D eigenvalue weighted by Gasteiger charge is -2.18. The number of nitrogens with one attached hydrogen (secondary N) is 1. The normalized spacial score (nSPS) is 19.1. The van der Waals surface area contributed by atoms with Crippen LogP contribution in [0.5, 0.6) is 0 Å². The Morgan fingerprint density at radius 2 is 1.48 bits per heavy atom. The van der Waals surface area contributed by atoms with Gasteiger partial charge in [-0.15, -0.1) is 0 Å². The number of hydrogen-bond acceptors (Lipinski definition) is 6. The maximum Gasteiger partial charge on any atom is 0.343 e. The first-order valence-electron chi connectivity index (χ1n) is 10.2. The van der Waals surface area contributed by atoms with Crippen molar-refractivity contribution < 1.29 is 19.0 Å². The molecule has 1 aliphatic heterocycles. The third-order valence-electron chi connectivity index (χ3n) is 5.01. The molecule has 9 heteroatoms. The number of aromatic nitrogens is 2. The summed E-state index contributed by atoms with van der Waals surface area (Å²) in [7, 11) is 0. The van der Waals surface area contributed by atoms with E-state index in [1.807, 2.05) is 60.7 Å². The van der Waals surface area contributed by atoms with Gasteiger partial charge in [-0.2, -0.15) is 0 Å². The van der Waals surface area contributed by atoms with E-state index >= 15 is 0 Å². The van der Waals surface area contributed by atoms with Crippen LogP contribution in [0.3, 0.4) is 0 Å². The number of allylic oxidation sites excluding steroid dienone is 1. The highest BCUT2D eigenvalue weighted by molar-refractivity contribution is 6.30. The van der Waals surface area contributed by atoms with Gasteiger partial charge in [0, 0.05) is 12.7 Å². The minimum atomic E-state index is -0.976. The Morgan fingerprint density at radius 3 is 2.09 bits per heavy atom. The molecule has 2 aromatic carbocycles. The first-order chi connectivity index (χ1) is 16.0. The van der Waals surface area contributed by atoms with E-state index in [1.54, 1.807) is 0 Å². The molecule has 33 heavy (non-hydrogen) atoms. The molecule has 0 aliphatic carbocycles. The summed E-state index contributed by atoms with van der Waals surface area (Å²) < 4.78 is 18.5. The fourth-order valence-corrected chi connectivity index (χ4v) is 3.48. The van der Waals surface area contributed by atoms with Crippen LogP contribution in [0.25, 0.3) is 0 Å². The third kappa shape index (κ3) is 5.67. The van der Waals surface area contributed by atoms with Crippen molar-refractivity contribution in [3.8, 4) is 0 Å². The second-order valence-corrected chi connectivity index (χ2v) is 7.76. The number of H-pyrrole nitrogens is 1. The number of halogens is 1. The highest BCUT2D eigenvalue weighted by Gasteiger charge is 2.43. The van der Waals surface area contributed by atoms with Gasteiger partial charge >= 0.3 is 11.7 Å². The van der Waals surface area contributed by atoms with Crippen molar-refractivity contribution in [3.63, 3.8) is 0 Å². The number of carbonyl (C=O) groups excluding carboxylic acids is 1. The molecule has 0 spiro atoms. The van der Waals surface area contributed by atoms with Gasteiger partial charge in [-0.25, -0.2) is 9.59 Å². The molecule has 0 amide bonds. The van der Waals surface area contributed by atoms with Gasteiger partial charge in [0.25, 0.3) is 5.56 Å². The van der Waals surface area contributed by atoms with Crippen molar-refractivity contribution in [2.24, 2.45) is 0 Å². The summed E-state index contributed by atoms with van der Waals surface area (Å²) >= 11 is 5.82. The minimum Gasteiger partial charge on any atom is -0.426 e. The van der Waals surface area contributed by atoms with Crippen LogP contribution in [0.1, 0.15) is 11.1 Å². The molecule has 2 atom stereocenters. The van der Waals surface area contributed by atoms with Crippen LogP contribution in [0, 0.1) is 0 Å². The Hall–Kier alpha value is -3.46. The van der Waals surface area contributed by atoms with Gasteiger partial charge in [-0.3, -0.25) is 14.3 Å². The molecule has 3 aromatic rings. The Balaban J connectivity index is 1.55. The number of rotatable bonds is 8. The molecule has 1 saturated heterocycles. The molecule has 1 N–H and O–H groups in total. The number of hydrogen-bond donors (Lipinski definition) is 1. The van der Waals surface area contributed by atoms with E-state index in [-0.39, 0.29) is 30.5 Å². The number of aromatic amines is 1. The van der Waals surface area contributed by atoms with Crippen molar-refractivity contribution in [3.05, 3.63) is 116 Å². The summed E-state index contributed by atoms with van der Waals surface area (Å²) in [5.41, 5.74) is 0.515. The van der Waals surface area contributed by atoms with E-state index in [0.29, 0.717) is 0 Å².